The molecule has 0 saturated carbocycles. The van der Waals surface area contributed by atoms with Gasteiger partial charge in [-0.25, -0.2) is 4.98 Å². The average molecular weight is 327 g/mol. The number of fused-ring (bicyclic) bond motifs is 2. The van der Waals surface area contributed by atoms with Crippen molar-refractivity contribution < 1.29 is 13.9 Å². The van der Waals surface area contributed by atoms with Crippen LogP contribution in [-0.4, -0.2) is 48.6 Å². The highest BCUT2D eigenvalue weighted by molar-refractivity contribution is 5.90. The number of oxazole rings is 1. The third-order valence-electron chi connectivity index (χ3n) is 4.87. The van der Waals surface area contributed by atoms with Gasteiger partial charge in [-0.2, -0.15) is 0 Å². The molecule has 4 rings (SSSR count). The fourth-order valence-corrected chi connectivity index (χ4v) is 3.76. The van der Waals surface area contributed by atoms with Crippen LogP contribution < -0.4 is 10.1 Å². The van der Waals surface area contributed by atoms with Crippen LogP contribution in [0.4, 0.5) is 0 Å². The first-order valence-electron chi connectivity index (χ1n) is 8.35. The molecule has 6 nitrogen and oxygen atoms in total. The van der Waals surface area contributed by atoms with E-state index in [2.05, 4.69) is 15.2 Å². The largest absolute Gasteiger partial charge is 0.496 e. The van der Waals surface area contributed by atoms with E-state index in [0.29, 0.717) is 17.4 Å². The minimum absolute atomic E-state index is 0.101. The molecule has 3 atom stereocenters. The lowest BCUT2D eigenvalue weighted by Gasteiger charge is -2.30. The van der Waals surface area contributed by atoms with Crippen LogP contribution in [0.5, 0.6) is 5.75 Å². The topological polar surface area (TPSA) is 67.6 Å². The van der Waals surface area contributed by atoms with E-state index in [1.165, 1.54) is 13.0 Å². The van der Waals surface area contributed by atoms with Crippen LogP contribution in [0.25, 0.3) is 11.3 Å². The number of aromatic nitrogens is 1. The molecule has 1 unspecified atom stereocenters. The summed E-state index contributed by atoms with van der Waals surface area (Å²) >= 11 is 0. The number of amides is 1. The van der Waals surface area contributed by atoms with Crippen molar-refractivity contribution in [3.05, 3.63) is 36.4 Å². The fraction of sp³-hybridized carbons (Fsp3) is 0.444. The van der Waals surface area contributed by atoms with Gasteiger partial charge in [0.1, 0.15) is 5.75 Å². The molecule has 2 bridgehead atoms. The number of carbonyl (C=O) groups is 1. The molecule has 0 aliphatic carbocycles. The maximum absolute atomic E-state index is 12.4. The van der Waals surface area contributed by atoms with Crippen molar-refractivity contribution in [1.29, 1.82) is 0 Å². The minimum Gasteiger partial charge on any atom is -0.496 e. The normalized spacial score (nSPS) is 25.5. The Morgan fingerprint density at radius 2 is 2.25 bits per heavy atom. The lowest BCUT2D eigenvalue weighted by Crippen LogP contribution is -2.47. The molecule has 2 aromatic rings. The lowest BCUT2D eigenvalue weighted by molar-refractivity contribution is 0.0875. The summed E-state index contributed by atoms with van der Waals surface area (Å²) in [6.07, 6.45) is 3.85. The van der Waals surface area contributed by atoms with Crippen molar-refractivity contribution in [3.63, 3.8) is 0 Å². The molecule has 1 aromatic heterocycles. The molecule has 1 amide bonds. The van der Waals surface area contributed by atoms with Gasteiger partial charge in [0.15, 0.2) is 5.76 Å². The summed E-state index contributed by atoms with van der Waals surface area (Å²) in [5.41, 5.74) is 0.786. The van der Waals surface area contributed by atoms with Crippen molar-refractivity contribution in [2.24, 2.45) is 5.92 Å². The van der Waals surface area contributed by atoms with Crippen LogP contribution in [0.3, 0.4) is 0 Å². The Morgan fingerprint density at radius 1 is 1.38 bits per heavy atom. The molecular weight excluding hydrogens is 306 g/mol. The number of hydrogen-bond donors (Lipinski definition) is 1. The first-order chi connectivity index (χ1) is 11.7. The molecule has 0 radical (unpaired) electrons. The molecule has 0 spiro atoms. The molecule has 3 heterocycles. The van der Waals surface area contributed by atoms with Gasteiger partial charge in [-0.15, -0.1) is 0 Å². The molecule has 24 heavy (non-hydrogen) atoms. The third-order valence-corrected chi connectivity index (χ3v) is 4.87. The Kier molecular flexibility index (Phi) is 3.98. The highest BCUT2D eigenvalue weighted by atomic mass is 16.5. The highest BCUT2D eigenvalue weighted by Crippen LogP contribution is 2.30. The zero-order chi connectivity index (χ0) is 16.5. The molecule has 2 aliphatic heterocycles. The molecule has 2 saturated heterocycles. The van der Waals surface area contributed by atoms with Gasteiger partial charge in [0.25, 0.3) is 5.89 Å². The number of nitrogens with one attached hydrogen (secondary N) is 1. The molecule has 2 aliphatic rings. The third kappa shape index (κ3) is 2.89. The average Bonchev–Trinajstić information content (AvgIpc) is 3.22. The van der Waals surface area contributed by atoms with E-state index >= 15 is 0 Å². The number of hydrogen-bond acceptors (Lipinski definition) is 5. The van der Waals surface area contributed by atoms with Crippen LogP contribution in [0.2, 0.25) is 0 Å². The minimum atomic E-state index is -0.247. The van der Waals surface area contributed by atoms with Gasteiger partial charge >= 0.3 is 5.91 Å². The first-order valence-corrected chi connectivity index (χ1v) is 8.35. The molecule has 6 heteroatoms. The van der Waals surface area contributed by atoms with Crippen molar-refractivity contribution >= 4 is 5.91 Å². The van der Waals surface area contributed by atoms with Gasteiger partial charge in [0, 0.05) is 19.1 Å². The molecule has 1 N–H and O–H groups in total. The highest BCUT2D eigenvalue weighted by Gasteiger charge is 2.33. The SMILES string of the molecule is COc1ccccc1-c1cnc(C(=O)N[C@@H]2C[C@H]3CCN(C3)C2)o1. The zero-order valence-electron chi connectivity index (χ0n) is 13.7. The Hall–Kier alpha value is -2.34. The summed E-state index contributed by atoms with van der Waals surface area (Å²) in [4.78, 5) is 19.0. The Balaban J connectivity index is 1.47. The summed E-state index contributed by atoms with van der Waals surface area (Å²) in [5.74, 6) is 1.78. The van der Waals surface area contributed by atoms with Gasteiger partial charge in [-0.3, -0.25) is 4.79 Å². The van der Waals surface area contributed by atoms with Crippen molar-refractivity contribution in [2.45, 2.75) is 18.9 Å². The van der Waals surface area contributed by atoms with Crippen molar-refractivity contribution in [2.75, 3.05) is 26.7 Å². The van der Waals surface area contributed by atoms with E-state index < -0.39 is 0 Å². The summed E-state index contributed by atoms with van der Waals surface area (Å²) < 4.78 is 11.0. The number of nitrogens with zero attached hydrogens (tertiary/aromatic N) is 2. The molecular formula is C18H21N3O3. The van der Waals surface area contributed by atoms with Crippen LogP contribution in [0, 0.1) is 5.92 Å². The van der Waals surface area contributed by atoms with Crippen LogP contribution in [-0.2, 0) is 0 Å². The molecule has 2 fully saturated rings. The van der Waals surface area contributed by atoms with E-state index in [0.717, 1.165) is 25.1 Å². The Morgan fingerprint density at radius 3 is 3.08 bits per heavy atom. The van der Waals surface area contributed by atoms with E-state index in [1.54, 1.807) is 13.3 Å². The van der Waals surface area contributed by atoms with Crippen molar-refractivity contribution in [3.8, 4) is 17.1 Å². The van der Waals surface area contributed by atoms with E-state index in [-0.39, 0.29) is 17.8 Å². The number of benzene rings is 1. The van der Waals surface area contributed by atoms with E-state index in [9.17, 15) is 4.79 Å². The van der Waals surface area contributed by atoms with Crippen LogP contribution in [0.1, 0.15) is 23.5 Å². The fourth-order valence-electron chi connectivity index (χ4n) is 3.76. The van der Waals surface area contributed by atoms with Gasteiger partial charge in [0.2, 0.25) is 0 Å². The maximum Gasteiger partial charge on any atom is 0.307 e. The van der Waals surface area contributed by atoms with E-state index in [1.807, 2.05) is 24.3 Å². The van der Waals surface area contributed by atoms with Crippen molar-refractivity contribution in [1.82, 2.24) is 15.2 Å². The van der Waals surface area contributed by atoms with E-state index in [4.69, 9.17) is 9.15 Å². The first kappa shape index (κ1) is 15.2. The lowest BCUT2D eigenvalue weighted by atomic mass is 9.97. The summed E-state index contributed by atoms with van der Waals surface area (Å²) in [6.45, 7) is 3.24. The number of carbonyl (C=O) groups excluding carboxylic acids is 1. The zero-order valence-corrected chi connectivity index (χ0v) is 13.7. The number of ether oxygens (including phenoxy) is 1. The second-order valence-corrected chi connectivity index (χ2v) is 6.55. The summed E-state index contributed by atoms with van der Waals surface area (Å²) in [5, 5.41) is 3.06. The number of methoxy groups -OCH3 is 1. The Bertz CT molecular complexity index is 731. The molecule has 1 aromatic carbocycles. The summed E-state index contributed by atoms with van der Waals surface area (Å²) in [7, 11) is 1.61. The predicted octanol–water partition coefficient (Wildman–Crippen LogP) is 2.17. The van der Waals surface area contributed by atoms with Gasteiger partial charge < -0.3 is 19.4 Å². The standard InChI is InChI=1S/C18H21N3O3/c1-23-15-5-3-2-4-14(15)16-9-19-18(24-16)17(22)20-13-8-12-6-7-21(10-12)11-13/h2-5,9,12-13H,6-8,10-11H2,1H3,(H,20,22)/t12-,13-/m1/s1. The second-order valence-electron chi connectivity index (χ2n) is 6.55. The predicted molar refractivity (Wildman–Crippen MR) is 88.9 cm³/mol. The summed E-state index contributed by atoms with van der Waals surface area (Å²) in [6, 6.07) is 7.70. The smallest absolute Gasteiger partial charge is 0.307 e. The van der Waals surface area contributed by atoms with Gasteiger partial charge in [-0.05, 0) is 37.4 Å². The van der Waals surface area contributed by atoms with Crippen LogP contribution in [0.15, 0.2) is 34.9 Å². The monoisotopic (exact) mass is 327 g/mol. The number of rotatable bonds is 4. The maximum atomic E-state index is 12.4. The van der Waals surface area contributed by atoms with Gasteiger partial charge in [0.05, 0.1) is 18.9 Å². The quantitative estimate of drug-likeness (QED) is 0.932. The second kappa shape index (κ2) is 6.28. The Labute approximate surface area is 140 Å². The molecule has 126 valence electrons. The van der Waals surface area contributed by atoms with Crippen LogP contribution >= 0.6 is 0 Å². The number of para-hydroxylation sites is 1. The van der Waals surface area contributed by atoms with Gasteiger partial charge in [-0.1, -0.05) is 12.1 Å². The number of piperidine rings is 1.